The number of allylic oxidation sites excluding steroid dienone is 4. The summed E-state index contributed by atoms with van der Waals surface area (Å²) in [6, 6.07) is 20.2. The van der Waals surface area contributed by atoms with E-state index >= 15 is 0 Å². The Balaban J connectivity index is 2.02. The molecule has 0 spiro atoms. The van der Waals surface area contributed by atoms with Crippen LogP contribution in [-0.4, -0.2) is 0 Å². The van der Waals surface area contributed by atoms with Gasteiger partial charge in [0.25, 0.3) is 0 Å². The third-order valence-corrected chi connectivity index (χ3v) is 12.1. The lowest BCUT2D eigenvalue weighted by Gasteiger charge is -2.29. The fraction of sp³-hybridized carbons (Fsp3) is 0.429. The standard InChI is InChI=1S/C56H72/c1-17-21-49-37-25-39-31-46(54(8,9)10)33-41(50(39)22-18-2)27-43-35-48(56(14,15)16)36-44(52(43)24-20-4)28-42-34-47(55(11,12)13)32-40(51(42)23-19-3)26-38(49)30-45(29-37)53(5,6)7/h17-20,29-36H,1-4,21-28H2,5-16H3. The number of rotatable bonds is 8. The molecule has 0 heterocycles. The highest BCUT2D eigenvalue weighted by atomic mass is 14.3. The fourth-order valence-electron chi connectivity index (χ4n) is 8.63. The van der Waals surface area contributed by atoms with Crippen molar-refractivity contribution in [3.8, 4) is 0 Å². The maximum Gasteiger partial charge on any atom is -0.00197 e. The first-order valence-corrected chi connectivity index (χ1v) is 21.1. The monoisotopic (exact) mass is 745 g/mol. The second kappa shape index (κ2) is 16.4. The maximum absolute atomic E-state index is 4.31. The Kier molecular flexibility index (Phi) is 12.6. The molecule has 0 aliphatic heterocycles. The Morgan fingerprint density at radius 1 is 0.321 bits per heavy atom. The summed E-state index contributed by atoms with van der Waals surface area (Å²) >= 11 is 0. The van der Waals surface area contributed by atoms with Gasteiger partial charge in [0.1, 0.15) is 0 Å². The van der Waals surface area contributed by atoms with Crippen LogP contribution in [0.1, 0.15) is 172 Å². The summed E-state index contributed by atoms with van der Waals surface area (Å²) in [5, 5.41) is 0. The van der Waals surface area contributed by atoms with Crippen molar-refractivity contribution in [1.82, 2.24) is 0 Å². The lowest BCUT2D eigenvalue weighted by atomic mass is 9.75. The van der Waals surface area contributed by atoms with Crippen LogP contribution in [-0.2, 0) is 73.0 Å². The van der Waals surface area contributed by atoms with Gasteiger partial charge in [-0.05, 0) is 162 Å². The molecule has 0 heteroatoms. The molecule has 296 valence electrons. The van der Waals surface area contributed by atoms with Crippen LogP contribution in [0.4, 0.5) is 0 Å². The minimum Gasteiger partial charge on any atom is -0.103 e. The van der Waals surface area contributed by atoms with Gasteiger partial charge in [-0.25, -0.2) is 0 Å². The van der Waals surface area contributed by atoms with Crippen LogP contribution >= 0.6 is 0 Å². The molecular formula is C56H72. The van der Waals surface area contributed by atoms with E-state index in [1.165, 1.54) is 89.0 Å². The predicted octanol–water partition coefficient (Wildman–Crippen LogP) is 14.5. The zero-order valence-corrected chi connectivity index (χ0v) is 37.4. The molecule has 0 amide bonds. The SMILES string of the molecule is C=CCc1c2cc(C(C)(C)C)cc1Cc1cc(C(C)(C)C)cc(c1CC=C)Cc1cc(C(C)(C)C)cc(c1CC=C)Cc1cc(C(C)(C)C)cc(c1CC=C)C2. The Labute approximate surface area is 343 Å². The average molecular weight is 745 g/mol. The van der Waals surface area contributed by atoms with Gasteiger partial charge in [0.15, 0.2) is 0 Å². The van der Waals surface area contributed by atoms with Crippen LogP contribution in [0.3, 0.4) is 0 Å². The first-order valence-electron chi connectivity index (χ1n) is 21.1. The fourth-order valence-corrected chi connectivity index (χ4v) is 8.63. The zero-order chi connectivity index (χ0) is 41.4. The highest BCUT2D eigenvalue weighted by Crippen LogP contribution is 2.39. The van der Waals surface area contributed by atoms with Crippen LogP contribution in [0, 0.1) is 0 Å². The van der Waals surface area contributed by atoms with E-state index in [0.717, 1.165) is 51.4 Å². The van der Waals surface area contributed by atoms with Crippen molar-refractivity contribution >= 4 is 0 Å². The topological polar surface area (TPSA) is 0 Å². The normalized spacial score (nSPS) is 13.6. The molecular weight excluding hydrogens is 673 g/mol. The summed E-state index contributed by atoms with van der Waals surface area (Å²) < 4.78 is 0. The quantitative estimate of drug-likeness (QED) is 0.139. The number of hydrogen-bond acceptors (Lipinski definition) is 0. The maximum atomic E-state index is 4.31. The Morgan fingerprint density at radius 2 is 0.464 bits per heavy atom. The van der Waals surface area contributed by atoms with Crippen LogP contribution in [0.5, 0.6) is 0 Å². The molecule has 0 unspecified atom stereocenters. The van der Waals surface area contributed by atoms with Crippen LogP contribution in [0.2, 0.25) is 0 Å². The van der Waals surface area contributed by atoms with E-state index in [0.29, 0.717) is 0 Å². The third-order valence-electron chi connectivity index (χ3n) is 12.1. The van der Waals surface area contributed by atoms with Gasteiger partial charge in [-0.3, -0.25) is 0 Å². The van der Waals surface area contributed by atoms with Crippen LogP contribution in [0.25, 0.3) is 0 Å². The molecule has 4 aromatic rings. The molecule has 5 rings (SSSR count). The van der Waals surface area contributed by atoms with E-state index in [2.05, 4.69) is 182 Å². The minimum absolute atomic E-state index is 0.00316. The van der Waals surface area contributed by atoms with Crippen molar-refractivity contribution in [3.05, 3.63) is 188 Å². The molecule has 0 radical (unpaired) electrons. The second-order valence-corrected chi connectivity index (χ2v) is 20.8. The van der Waals surface area contributed by atoms with Gasteiger partial charge in [-0.1, -0.05) is 156 Å². The van der Waals surface area contributed by atoms with E-state index in [9.17, 15) is 0 Å². The molecule has 0 aromatic heterocycles. The van der Waals surface area contributed by atoms with E-state index < -0.39 is 0 Å². The molecule has 1 aliphatic rings. The van der Waals surface area contributed by atoms with E-state index in [1.807, 2.05) is 0 Å². The summed E-state index contributed by atoms with van der Waals surface area (Å²) in [5.41, 5.74) is 22.6. The summed E-state index contributed by atoms with van der Waals surface area (Å²) in [6.07, 6.45) is 15.3. The van der Waals surface area contributed by atoms with Gasteiger partial charge >= 0.3 is 0 Å². The van der Waals surface area contributed by atoms with Crippen LogP contribution in [0.15, 0.2) is 99.2 Å². The van der Waals surface area contributed by atoms with Gasteiger partial charge in [-0.2, -0.15) is 0 Å². The van der Waals surface area contributed by atoms with E-state index in [4.69, 9.17) is 0 Å². The molecule has 0 saturated heterocycles. The summed E-state index contributed by atoms with van der Waals surface area (Å²) in [7, 11) is 0. The van der Waals surface area contributed by atoms with Gasteiger partial charge < -0.3 is 0 Å². The molecule has 4 aromatic carbocycles. The van der Waals surface area contributed by atoms with Crippen LogP contribution < -0.4 is 0 Å². The van der Waals surface area contributed by atoms with Gasteiger partial charge in [-0.15, -0.1) is 26.3 Å². The first-order chi connectivity index (χ1) is 26.1. The van der Waals surface area contributed by atoms with Crippen molar-refractivity contribution in [3.63, 3.8) is 0 Å². The van der Waals surface area contributed by atoms with Crippen molar-refractivity contribution in [1.29, 1.82) is 0 Å². The lowest BCUT2D eigenvalue weighted by Crippen LogP contribution is -2.18. The van der Waals surface area contributed by atoms with Crippen molar-refractivity contribution in [2.45, 2.75) is 156 Å². The Bertz CT molecular complexity index is 1730. The zero-order valence-electron chi connectivity index (χ0n) is 37.4. The molecule has 56 heavy (non-hydrogen) atoms. The highest BCUT2D eigenvalue weighted by molar-refractivity contribution is 5.56. The predicted molar refractivity (Wildman–Crippen MR) is 247 cm³/mol. The van der Waals surface area contributed by atoms with Gasteiger partial charge in [0, 0.05) is 0 Å². The second-order valence-electron chi connectivity index (χ2n) is 20.8. The molecule has 8 bridgehead atoms. The van der Waals surface area contributed by atoms with Crippen molar-refractivity contribution in [2.75, 3.05) is 0 Å². The number of fused-ring (bicyclic) bond motifs is 8. The van der Waals surface area contributed by atoms with E-state index in [1.54, 1.807) is 0 Å². The third kappa shape index (κ3) is 9.50. The Hall–Kier alpha value is -4.16. The molecule has 0 nitrogen and oxygen atoms in total. The van der Waals surface area contributed by atoms with E-state index in [-0.39, 0.29) is 21.7 Å². The minimum atomic E-state index is -0.00316. The van der Waals surface area contributed by atoms with Gasteiger partial charge in [0.2, 0.25) is 0 Å². The molecule has 1 aliphatic carbocycles. The molecule has 0 atom stereocenters. The summed E-state index contributed by atoms with van der Waals surface area (Å²) in [5.74, 6) is 0. The smallest absolute Gasteiger partial charge is 0.00197 e. The van der Waals surface area contributed by atoms with Crippen molar-refractivity contribution in [2.24, 2.45) is 0 Å². The molecule has 0 saturated carbocycles. The van der Waals surface area contributed by atoms with Gasteiger partial charge in [0.05, 0.1) is 0 Å². The average Bonchev–Trinajstić information content (AvgIpc) is 3.07. The number of benzene rings is 4. The molecule has 0 N–H and O–H groups in total. The first kappa shape index (κ1) is 43.0. The Morgan fingerprint density at radius 3 is 0.571 bits per heavy atom. The number of hydrogen-bond donors (Lipinski definition) is 0. The largest absolute Gasteiger partial charge is 0.103 e. The molecule has 0 fully saturated rings. The summed E-state index contributed by atoms with van der Waals surface area (Å²) in [6.45, 7) is 45.6. The highest BCUT2D eigenvalue weighted by Gasteiger charge is 2.27. The van der Waals surface area contributed by atoms with Crippen molar-refractivity contribution < 1.29 is 0 Å². The summed E-state index contributed by atoms with van der Waals surface area (Å²) in [4.78, 5) is 0. The lowest BCUT2D eigenvalue weighted by molar-refractivity contribution is 0.586.